The molecule has 4 amide bonds. The summed E-state index contributed by atoms with van der Waals surface area (Å²) >= 11 is 0. The monoisotopic (exact) mass is 703 g/mol. The zero-order chi connectivity index (χ0) is 36.5. The number of carbonyl (C=O) groups is 5. The van der Waals surface area contributed by atoms with E-state index in [4.69, 9.17) is 9.47 Å². The number of ether oxygens (including phenoxy) is 2. The summed E-state index contributed by atoms with van der Waals surface area (Å²) < 4.78 is 10.8. The maximum absolute atomic E-state index is 14.2. The SMILES string of the molecule is CC(C)C[C@H](NC(=O)[C@H](Cc1ccccc1)N1C(=O)[C@@H](NC(=O)[C@H](CCc2ccccc2)NC(=O)CN2CCOCC2)CC1C)C(=O)[C@@]1(C)CO1. The molecular weight excluding hydrogens is 650 g/mol. The van der Waals surface area contributed by atoms with Gasteiger partial charge in [-0.1, -0.05) is 74.5 Å². The fraction of sp³-hybridized carbons (Fsp3) is 0.564. The number of likely N-dealkylation sites (tertiary alicyclic amines) is 1. The molecule has 1 unspecified atom stereocenters. The summed E-state index contributed by atoms with van der Waals surface area (Å²) in [6, 6.07) is 15.3. The number of nitrogens with zero attached hydrogens (tertiary/aromatic N) is 2. The van der Waals surface area contributed by atoms with Gasteiger partial charge in [-0.05, 0) is 56.6 Å². The van der Waals surface area contributed by atoms with Crippen LogP contribution in [0.2, 0.25) is 0 Å². The van der Waals surface area contributed by atoms with Crippen molar-refractivity contribution in [3.05, 3.63) is 71.8 Å². The predicted molar refractivity (Wildman–Crippen MR) is 191 cm³/mol. The first-order valence-corrected chi connectivity index (χ1v) is 18.2. The minimum Gasteiger partial charge on any atom is -0.379 e. The first-order valence-electron chi connectivity index (χ1n) is 18.2. The van der Waals surface area contributed by atoms with Gasteiger partial charge in [0.25, 0.3) is 0 Å². The lowest BCUT2D eigenvalue weighted by molar-refractivity contribution is -0.142. The van der Waals surface area contributed by atoms with Crippen LogP contribution in [0.15, 0.2) is 60.7 Å². The highest BCUT2D eigenvalue weighted by Gasteiger charge is 2.51. The molecule has 0 saturated carbocycles. The van der Waals surface area contributed by atoms with Gasteiger partial charge in [0, 0.05) is 25.6 Å². The molecule has 2 aromatic rings. The molecule has 3 aliphatic rings. The number of morpholine rings is 1. The van der Waals surface area contributed by atoms with E-state index in [2.05, 4.69) is 16.0 Å². The van der Waals surface area contributed by atoms with Gasteiger partial charge in [0.2, 0.25) is 23.6 Å². The van der Waals surface area contributed by atoms with E-state index in [1.165, 1.54) is 0 Å². The third kappa shape index (κ3) is 10.5. The minimum atomic E-state index is -0.922. The maximum atomic E-state index is 14.2. The molecule has 3 saturated heterocycles. The Bertz CT molecular complexity index is 1510. The van der Waals surface area contributed by atoms with Gasteiger partial charge in [-0.15, -0.1) is 0 Å². The normalized spacial score (nSPS) is 23.7. The second-order valence-electron chi connectivity index (χ2n) is 14.7. The average Bonchev–Trinajstić information content (AvgIpc) is 3.81. The van der Waals surface area contributed by atoms with Crippen LogP contribution in [-0.2, 0) is 46.3 Å². The average molecular weight is 704 g/mol. The Balaban J connectivity index is 1.31. The van der Waals surface area contributed by atoms with E-state index < -0.39 is 41.6 Å². The van der Waals surface area contributed by atoms with Crippen molar-refractivity contribution >= 4 is 29.4 Å². The summed E-state index contributed by atoms with van der Waals surface area (Å²) in [4.78, 5) is 72.3. The second-order valence-corrected chi connectivity index (χ2v) is 14.7. The van der Waals surface area contributed by atoms with Gasteiger partial charge in [0.15, 0.2) is 5.78 Å². The molecule has 0 bridgehead atoms. The van der Waals surface area contributed by atoms with Crippen molar-refractivity contribution in [3.63, 3.8) is 0 Å². The van der Waals surface area contributed by atoms with E-state index in [0.717, 1.165) is 11.1 Å². The summed E-state index contributed by atoms with van der Waals surface area (Å²) in [6.45, 7) is 10.4. The number of nitrogens with one attached hydrogen (secondary N) is 3. The van der Waals surface area contributed by atoms with E-state index in [1.807, 2.05) is 86.3 Å². The van der Waals surface area contributed by atoms with Crippen LogP contribution >= 0.6 is 0 Å². The van der Waals surface area contributed by atoms with Gasteiger partial charge in [0.05, 0.1) is 32.4 Å². The van der Waals surface area contributed by atoms with Gasteiger partial charge >= 0.3 is 0 Å². The molecule has 5 rings (SSSR count). The van der Waals surface area contributed by atoms with E-state index in [0.29, 0.717) is 52.2 Å². The number of epoxide rings is 1. The highest BCUT2D eigenvalue weighted by atomic mass is 16.6. The van der Waals surface area contributed by atoms with E-state index in [9.17, 15) is 24.0 Å². The van der Waals surface area contributed by atoms with Crippen molar-refractivity contribution in [3.8, 4) is 0 Å². The lowest BCUT2D eigenvalue weighted by atomic mass is 9.92. The molecule has 0 aromatic heterocycles. The molecule has 2 aromatic carbocycles. The highest BCUT2D eigenvalue weighted by Crippen LogP contribution is 2.30. The molecule has 0 aliphatic carbocycles. The molecule has 3 aliphatic heterocycles. The highest BCUT2D eigenvalue weighted by molar-refractivity contribution is 5.99. The first-order chi connectivity index (χ1) is 24.4. The van der Waals surface area contributed by atoms with Gasteiger partial charge in [-0.25, -0.2) is 0 Å². The van der Waals surface area contributed by atoms with Gasteiger partial charge in [-0.2, -0.15) is 0 Å². The zero-order valence-corrected chi connectivity index (χ0v) is 30.3. The largest absolute Gasteiger partial charge is 0.379 e. The number of amides is 4. The Hall–Kier alpha value is -4.13. The Morgan fingerprint density at radius 2 is 1.53 bits per heavy atom. The quantitative estimate of drug-likeness (QED) is 0.212. The fourth-order valence-electron chi connectivity index (χ4n) is 6.98. The van der Waals surface area contributed by atoms with Gasteiger partial charge in [-0.3, -0.25) is 28.9 Å². The van der Waals surface area contributed by atoms with Crippen LogP contribution in [0.3, 0.4) is 0 Å². The predicted octanol–water partition coefficient (Wildman–Crippen LogP) is 2.04. The number of hydrogen-bond donors (Lipinski definition) is 3. The number of Topliss-reactive ketones (excluding diaryl/α,β-unsaturated/α-hetero) is 1. The second kappa shape index (κ2) is 17.4. The molecule has 6 atom stereocenters. The molecular formula is C39H53N5O7. The molecule has 0 spiro atoms. The van der Waals surface area contributed by atoms with Crippen molar-refractivity contribution < 1.29 is 33.4 Å². The molecule has 3 heterocycles. The maximum Gasteiger partial charge on any atom is 0.246 e. The van der Waals surface area contributed by atoms with Crippen molar-refractivity contribution in [2.75, 3.05) is 39.5 Å². The number of carbonyl (C=O) groups excluding carboxylic acids is 5. The van der Waals surface area contributed by atoms with Crippen molar-refractivity contribution in [2.24, 2.45) is 5.92 Å². The van der Waals surface area contributed by atoms with E-state index in [-0.39, 0.29) is 48.9 Å². The number of benzene rings is 2. The number of ketones is 1. The zero-order valence-electron chi connectivity index (χ0n) is 30.3. The van der Waals surface area contributed by atoms with E-state index >= 15 is 0 Å². The van der Waals surface area contributed by atoms with Crippen LogP contribution in [0.5, 0.6) is 0 Å². The van der Waals surface area contributed by atoms with Crippen LogP contribution in [-0.4, -0.2) is 114 Å². The minimum absolute atomic E-state index is 0.130. The Morgan fingerprint density at radius 3 is 2.14 bits per heavy atom. The summed E-state index contributed by atoms with van der Waals surface area (Å²) in [5.41, 5.74) is 0.974. The molecule has 12 nitrogen and oxygen atoms in total. The standard InChI is InChI=1S/C39H53N5O7/c1-26(2)21-31(35(46)39(4)25-51-39)41-37(48)33(23-29-13-9-6-10-14-29)44-27(3)22-32(38(44)49)42-36(47)30(16-15-28-11-7-5-8-12-28)40-34(45)24-43-17-19-50-20-18-43/h5-14,26-27,30-33H,15-25H2,1-4H3,(H,40,45)(H,41,48)(H,42,47)/t27?,30-,31-,32-,33-,39+/m0/s1. The van der Waals surface area contributed by atoms with Crippen LogP contribution in [0.25, 0.3) is 0 Å². The van der Waals surface area contributed by atoms with Crippen molar-refractivity contribution in [2.45, 2.75) is 95.6 Å². The molecule has 0 radical (unpaired) electrons. The smallest absolute Gasteiger partial charge is 0.246 e. The first kappa shape index (κ1) is 38.1. The summed E-state index contributed by atoms with van der Waals surface area (Å²) in [5, 5.41) is 8.83. The third-order valence-electron chi connectivity index (χ3n) is 9.96. The van der Waals surface area contributed by atoms with Gasteiger partial charge in [0.1, 0.15) is 23.7 Å². The molecule has 3 N–H and O–H groups in total. The molecule has 12 heteroatoms. The van der Waals surface area contributed by atoms with Crippen LogP contribution in [0.4, 0.5) is 0 Å². The molecule has 51 heavy (non-hydrogen) atoms. The summed E-state index contributed by atoms with van der Waals surface area (Å²) in [7, 11) is 0. The Labute approximate surface area is 301 Å². The third-order valence-corrected chi connectivity index (χ3v) is 9.96. The Kier molecular flexibility index (Phi) is 13.0. The fourth-order valence-corrected chi connectivity index (χ4v) is 6.98. The van der Waals surface area contributed by atoms with Crippen molar-refractivity contribution in [1.29, 1.82) is 0 Å². The van der Waals surface area contributed by atoms with Gasteiger partial charge < -0.3 is 30.3 Å². The lowest BCUT2D eigenvalue weighted by Crippen LogP contribution is -2.57. The van der Waals surface area contributed by atoms with Crippen molar-refractivity contribution in [1.82, 2.24) is 25.8 Å². The number of rotatable bonds is 17. The molecule has 3 fully saturated rings. The van der Waals surface area contributed by atoms with Crippen LogP contribution < -0.4 is 16.0 Å². The number of aryl methyl sites for hydroxylation is 1. The number of hydrogen-bond acceptors (Lipinski definition) is 8. The topological polar surface area (TPSA) is 150 Å². The molecule has 276 valence electrons. The lowest BCUT2D eigenvalue weighted by Gasteiger charge is -2.33. The van der Waals surface area contributed by atoms with E-state index in [1.54, 1.807) is 11.8 Å². The van der Waals surface area contributed by atoms with Crippen LogP contribution in [0.1, 0.15) is 58.1 Å². The van der Waals surface area contributed by atoms with Crippen LogP contribution in [0, 0.1) is 5.92 Å². The Morgan fingerprint density at radius 1 is 0.902 bits per heavy atom. The summed E-state index contributed by atoms with van der Waals surface area (Å²) in [5.74, 6) is -1.56. The summed E-state index contributed by atoms with van der Waals surface area (Å²) in [6.07, 6.45) is 1.86.